The van der Waals surface area contributed by atoms with Crippen molar-refractivity contribution in [1.82, 2.24) is 0 Å². The molecule has 0 saturated heterocycles. The predicted octanol–water partition coefficient (Wildman–Crippen LogP) is 4.94. The van der Waals surface area contributed by atoms with Gasteiger partial charge in [-0.1, -0.05) is 11.8 Å². The molecule has 0 amide bonds. The molecule has 4 saturated carbocycles. The van der Waals surface area contributed by atoms with Crippen LogP contribution in [0.5, 0.6) is 11.5 Å². The minimum Gasteiger partial charge on any atom is -0.478 e. The van der Waals surface area contributed by atoms with Gasteiger partial charge in [-0.25, -0.2) is 4.79 Å². The van der Waals surface area contributed by atoms with Crippen LogP contribution in [0, 0.1) is 29.6 Å². The lowest BCUT2D eigenvalue weighted by Gasteiger charge is -2.57. The van der Waals surface area contributed by atoms with E-state index >= 15 is 0 Å². The minimum atomic E-state index is -1.16. The van der Waals surface area contributed by atoms with Crippen molar-refractivity contribution in [3.05, 3.63) is 58.7 Å². The second-order valence-corrected chi connectivity index (χ2v) is 12.0. The summed E-state index contributed by atoms with van der Waals surface area (Å²) < 4.78 is 33.7. The van der Waals surface area contributed by atoms with Crippen LogP contribution in [0.3, 0.4) is 0 Å². The van der Waals surface area contributed by atoms with Crippen LogP contribution in [0.25, 0.3) is 0 Å². The summed E-state index contributed by atoms with van der Waals surface area (Å²) in [4.78, 5) is 11.2. The van der Waals surface area contributed by atoms with Gasteiger partial charge in [-0.05, 0) is 92.0 Å². The molecule has 9 nitrogen and oxygen atoms in total. The van der Waals surface area contributed by atoms with E-state index in [1.807, 2.05) is 12.1 Å². The SMILES string of the molecule is COCCOCOc1cc(OCOCCOC)c(C23CC4CC(CC(C4)C2)C3)cc1C(O)C#Cc1ccc(C(=O)O)cc1. The number of rotatable bonds is 15. The molecule has 2 aromatic carbocycles. The average Bonchev–Trinajstić information content (AvgIpc) is 2.99. The maximum absolute atomic E-state index is 11.4. The quantitative estimate of drug-likeness (QED) is 0.168. The number of aliphatic hydroxyl groups excluding tert-OH is 1. The molecule has 2 aromatic rings. The fourth-order valence-corrected chi connectivity index (χ4v) is 7.43. The Kier molecular flexibility index (Phi) is 10.6. The zero-order valence-corrected chi connectivity index (χ0v) is 25.0. The summed E-state index contributed by atoms with van der Waals surface area (Å²) in [6.45, 7) is 1.72. The first-order valence-corrected chi connectivity index (χ1v) is 15.0. The van der Waals surface area contributed by atoms with Crippen molar-refractivity contribution >= 4 is 5.97 Å². The Hall–Kier alpha value is -3.13. The first kappa shape index (κ1) is 31.3. The van der Waals surface area contributed by atoms with Crippen LogP contribution in [0.4, 0.5) is 0 Å². The Bertz CT molecular complexity index is 1260. The standard InChI is InChI=1S/C34H42O9/c1-38-9-11-40-21-42-31-17-32(43-22-41-12-10-39-2)29(34-18-24-13-25(19-34)15-26(14-24)20-34)16-28(31)30(35)8-5-23-3-6-27(7-4-23)33(36)37/h3-4,6-7,16-17,24-26,30,35H,9-15,18-22H2,1-2H3,(H,36,37). The van der Waals surface area contributed by atoms with Crippen LogP contribution in [-0.4, -0.2) is 70.4 Å². The molecule has 43 heavy (non-hydrogen) atoms. The largest absolute Gasteiger partial charge is 0.478 e. The van der Waals surface area contributed by atoms with Crippen molar-refractivity contribution in [2.75, 3.05) is 54.2 Å². The van der Waals surface area contributed by atoms with Gasteiger partial charge in [0.2, 0.25) is 0 Å². The van der Waals surface area contributed by atoms with Gasteiger partial charge < -0.3 is 38.6 Å². The van der Waals surface area contributed by atoms with Crippen molar-refractivity contribution in [3.8, 4) is 23.3 Å². The number of benzene rings is 2. The van der Waals surface area contributed by atoms with Gasteiger partial charge in [0.25, 0.3) is 0 Å². The monoisotopic (exact) mass is 594 g/mol. The number of methoxy groups -OCH3 is 2. The predicted molar refractivity (Wildman–Crippen MR) is 158 cm³/mol. The summed E-state index contributed by atoms with van der Waals surface area (Å²) in [7, 11) is 3.24. The number of carbonyl (C=O) groups is 1. The number of carboxylic acid groups (broad SMARTS) is 1. The lowest BCUT2D eigenvalue weighted by molar-refractivity contribution is -0.0203. The van der Waals surface area contributed by atoms with Gasteiger partial charge in [-0.2, -0.15) is 0 Å². The number of hydrogen-bond donors (Lipinski definition) is 2. The molecule has 4 fully saturated rings. The second kappa shape index (κ2) is 14.6. The molecule has 232 valence electrons. The summed E-state index contributed by atoms with van der Waals surface area (Å²) in [5.74, 6) is 8.17. The number of carboxylic acids is 1. The molecule has 0 radical (unpaired) electrons. The van der Waals surface area contributed by atoms with Crippen molar-refractivity contribution < 1.29 is 43.4 Å². The molecule has 4 aliphatic rings. The highest BCUT2D eigenvalue weighted by atomic mass is 16.7. The van der Waals surface area contributed by atoms with Crippen LogP contribution in [0.15, 0.2) is 36.4 Å². The van der Waals surface area contributed by atoms with E-state index < -0.39 is 12.1 Å². The first-order valence-electron chi connectivity index (χ1n) is 15.0. The first-order chi connectivity index (χ1) is 20.9. The summed E-state index contributed by atoms with van der Waals surface area (Å²) in [5, 5.41) is 20.6. The molecule has 4 bridgehead atoms. The maximum Gasteiger partial charge on any atom is 0.335 e. The highest BCUT2D eigenvalue weighted by Crippen LogP contribution is 2.62. The van der Waals surface area contributed by atoms with Gasteiger partial charge in [0, 0.05) is 37.0 Å². The molecule has 4 aliphatic carbocycles. The normalized spacial score (nSPS) is 24.3. The van der Waals surface area contributed by atoms with E-state index in [2.05, 4.69) is 11.8 Å². The maximum atomic E-state index is 11.4. The molecule has 9 heteroatoms. The van der Waals surface area contributed by atoms with E-state index in [1.54, 1.807) is 26.4 Å². The lowest BCUT2D eigenvalue weighted by Crippen LogP contribution is -2.48. The van der Waals surface area contributed by atoms with Crippen molar-refractivity contribution in [2.45, 2.75) is 50.0 Å². The summed E-state index contributed by atoms with van der Waals surface area (Å²) in [5.41, 5.74) is 2.37. The third-order valence-electron chi connectivity index (χ3n) is 8.96. The highest BCUT2D eigenvalue weighted by molar-refractivity contribution is 5.87. The Morgan fingerprint density at radius 2 is 1.42 bits per heavy atom. The zero-order chi connectivity index (χ0) is 30.2. The topological polar surface area (TPSA) is 113 Å². The molecule has 2 N–H and O–H groups in total. The van der Waals surface area contributed by atoms with Crippen LogP contribution in [0.1, 0.15) is 71.7 Å². The van der Waals surface area contributed by atoms with Crippen LogP contribution in [0.2, 0.25) is 0 Å². The van der Waals surface area contributed by atoms with Gasteiger partial charge in [-0.3, -0.25) is 0 Å². The molecule has 1 unspecified atom stereocenters. The van der Waals surface area contributed by atoms with Crippen molar-refractivity contribution in [3.63, 3.8) is 0 Å². The molecule has 6 rings (SSSR count). The minimum absolute atomic E-state index is 0.0291. The molecule has 0 spiro atoms. The fraction of sp³-hybridized carbons (Fsp3) is 0.559. The van der Waals surface area contributed by atoms with Gasteiger partial charge in [0.05, 0.1) is 32.0 Å². The summed E-state index contributed by atoms with van der Waals surface area (Å²) in [6, 6.07) is 10.1. The van der Waals surface area contributed by atoms with Crippen LogP contribution in [-0.2, 0) is 24.4 Å². The van der Waals surface area contributed by atoms with Crippen LogP contribution < -0.4 is 9.47 Å². The van der Waals surface area contributed by atoms with E-state index in [4.69, 9.17) is 28.4 Å². The molecule has 0 aliphatic heterocycles. The Morgan fingerprint density at radius 3 is 1.95 bits per heavy atom. The van der Waals surface area contributed by atoms with Gasteiger partial charge in [0.1, 0.15) is 17.6 Å². The lowest BCUT2D eigenvalue weighted by atomic mass is 9.48. The Balaban J connectivity index is 1.48. The average molecular weight is 595 g/mol. The third kappa shape index (κ3) is 7.69. The van der Waals surface area contributed by atoms with Gasteiger partial charge in [0.15, 0.2) is 13.6 Å². The molecular weight excluding hydrogens is 552 g/mol. The van der Waals surface area contributed by atoms with E-state index in [1.165, 1.54) is 31.4 Å². The zero-order valence-electron chi connectivity index (χ0n) is 25.0. The fourth-order valence-electron chi connectivity index (χ4n) is 7.43. The molecular formula is C34H42O9. The molecule has 1 atom stereocenters. The molecule has 0 aromatic heterocycles. The van der Waals surface area contributed by atoms with Gasteiger partial charge in [-0.15, -0.1) is 0 Å². The van der Waals surface area contributed by atoms with Crippen LogP contribution >= 0.6 is 0 Å². The number of ether oxygens (including phenoxy) is 6. The number of aromatic carboxylic acids is 1. The number of aliphatic hydroxyl groups is 1. The second-order valence-electron chi connectivity index (χ2n) is 12.0. The van der Waals surface area contributed by atoms with Crippen molar-refractivity contribution in [2.24, 2.45) is 17.8 Å². The van der Waals surface area contributed by atoms with E-state index in [0.29, 0.717) is 66.8 Å². The van der Waals surface area contributed by atoms with E-state index in [0.717, 1.165) is 24.8 Å². The highest BCUT2D eigenvalue weighted by Gasteiger charge is 2.52. The van der Waals surface area contributed by atoms with E-state index in [-0.39, 0.29) is 24.6 Å². The Labute approximate surface area is 253 Å². The van der Waals surface area contributed by atoms with E-state index in [9.17, 15) is 15.0 Å². The van der Waals surface area contributed by atoms with Gasteiger partial charge >= 0.3 is 5.97 Å². The summed E-state index contributed by atoms with van der Waals surface area (Å²) >= 11 is 0. The number of hydrogen-bond acceptors (Lipinski definition) is 8. The smallest absolute Gasteiger partial charge is 0.335 e. The Morgan fingerprint density at radius 1 is 0.860 bits per heavy atom. The summed E-state index contributed by atoms with van der Waals surface area (Å²) in [6.07, 6.45) is 6.07. The van der Waals surface area contributed by atoms with Crippen molar-refractivity contribution in [1.29, 1.82) is 0 Å². The third-order valence-corrected chi connectivity index (χ3v) is 8.96. The molecule has 0 heterocycles.